The van der Waals surface area contributed by atoms with Gasteiger partial charge in [0.1, 0.15) is 0 Å². The second-order valence-corrected chi connectivity index (χ2v) is 9.59. The van der Waals surface area contributed by atoms with Gasteiger partial charge in [-0.2, -0.15) is 0 Å². The van der Waals surface area contributed by atoms with E-state index >= 15 is 0 Å². The van der Waals surface area contributed by atoms with Crippen molar-refractivity contribution in [3.8, 4) is 0 Å². The largest absolute Gasteiger partial charge is 0.342 e. The number of rotatable bonds is 9. The zero-order chi connectivity index (χ0) is 24.0. The van der Waals surface area contributed by atoms with Crippen molar-refractivity contribution < 1.29 is 9.59 Å². The average Bonchev–Trinajstić information content (AvgIpc) is 3.13. The Morgan fingerprint density at radius 1 is 1.09 bits per heavy atom. The highest BCUT2D eigenvalue weighted by molar-refractivity contribution is 7.99. The number of carbonyl (C=O) groups excluding carboxylic acids is 2. The van der Waals surface area contributed by atoms with Gasteiger partial charge in [0.05, 0.1) is 22.4 Å². The van der Waals surface area contributed by atoms with E-state index in [-0.39, 0.29) is 23.6 Å². The van der Waals surface area contributed by atoms with Gasteiger partial charge in [-0.15, -0.1) is 10.2 Å². The number of benzene rings is 2. The Hall–Kier alpha value is -2.84. The van der Waals surface area contributed by atoms with Gasteiger partial charge in [-0.1, -0.05) is 67.0 Å². The van der Waals surface area contributed by atoms with Crippen molar-refractivity contribution in [2.24, 2.45) is 13.0 Å². The maximum atomic E-state index is 12.8. The van der Waals surface area contributed by atoms with E-state index < -0.39 is 0 Å². The molecular weight excluding hydrogens is 458 g/mol. The highest BCUT2D eigenvalue weighted by atomic mass is 35.5. The Bertz CT molecular complexity index is 1110. The molecule has 0 spiro atoms. The standard InChI is InChI=1S/C24H28ClN5O2S/c1-15(2)13-20(27-23(32)18-7-5-6-8-19(18)25)22-28-29-24(30(22)4)33-14-21(31)26-17-11-9-16(3)10-12-17/h5-12,15,20H,13-14H2,1-4H3,(H,26,31)(H,27,32)/t20-/m0/s1. The Labute approximate surface area is 203 Å². The lowest BCUT2D eigenvalue weighted by Crippen LogP contribution is -2.31. The van der Waals surface area contributed by atoms with Crippen LogP contribution in [0.1, 0.15) is 48.1 Å². The van der Waals surface area contributed by atoms with E-state index in [0.717, 1.165) is 11.3 Å². The third kappa shape index (κ3) is 6.82. The van der Waals surface area contributed by atoms with Crippen molar-refractivity contribution >= 4 is 40.9 Å². The molecule has 0 saturated carbocycles. The van der Waals surface area contributed by atoms with Gasteiger partial charge in [0.15, 0.2) is 11.0 Å². The molecule has 0 unspecified atom stereocenters. The molecule has 33 heavy (non-hydrogen) atoms. The summed E-state index contributed by atoms with van der Waals surface area (Å²) in [6.45, 7) is 6.16. The molecule has 2 N–H and O–H groups in total. The van der Waals surface area contributed by atoms with Gasteiger partial charge in [-0.25, -0.2) is 0 Å². The number of anilines is 1. The first-order chi connectivity index (χ1) is 15.7. The third-order valence-electron chi connectivity index (χ3n) is 4.98. The monoisotopic (exact) mass is 485 g/mol. The number of amides is 2. The first kappa shape index (κ1) is 24.8. The van der Waals surface area contributed by atoms with E-state index in [4.69, 9.17) is 11.6 Å². The fourth-order valence-electron chi connectivity index (χ4n) is 3.30. The predicted molar refractivity (Wildman–Crippen MR) is 133 cm³/mol. The van der Waals surface area contributed by atoms with E-state index in [9.17, 15) is 9.59 Å². The molecule has 2 aromatic carbocycles. The van der Waals surface area contributed by atoms with Crippen LogP contribution in [0.4, 0.5) is 5.69 Å². The first-order valence-corrected chi connectivity index (χ1v) is 12.0. The van der Waals surface area contributed by atoms with Crippen LogP contribution in [0.15, 0.2) is 53.7 Å². The summed E-state index contributed by atoms with van der Waals surface area (Å²) in [7, 11) is 1.84. The quantitative estimate of drug-likeness (QED) is 0.415. The minimum absolute atomic E-state index is 0.126. The van der Waals surface area contributed by atoms with E-state index in [1.807, 2.05) is 42.8 Å². The molecular formula is C24H28ClN5O2S. The normalized spacial score (nSPS) is 11.9. The summed E-state index contributed by atoms with van der Waals surface area (Å²) in [5, 5.41) is 15.5. The van der Waals surface area contributed by atoms with Gasteiger partial charge < -0.3 is 15.2 Å². The van der Waals surface area contributed by atoms with Gasteiger partial charge in [0.2, 0.25) is 5.91 Å². The minimum Gasteiger partial charge on any atom is -0.342 e. The Kier molecular flexibility index (Phi) is 8.52. The number of aryl methyl sites for hydroxylation is 1. The van der Waals surface area contributed by atoms with Gasteiger partial charge in [-0.05, 0) is 43.5 Å². The molecule has 3 aromatic rings. The van der Waals surface area contributed by atoms with Crippen molar-refractivity contribution in [1.29, 1.82) is 0 Å². The third-order valence-corrected chi connectivity index (χ3v) is 6.33. The highest BCUT2D eigenvalue weighted by Crippen LogP contribution is 2.25. The molecule has 7 nitrogen and oxygen atoms in total. The number of halogens is 1. The average molecular weight is 486 g/mol. The van der Waals surface area contributed by atoms with Crippen LogP contribution in [0, 0.1) is 12.8 Å². The van der Waals surface area contributed by atoms with Gasteiger partial charge in [-0.3, -0.25) is 9.59 Å². The van der Waals surface area contributed by atoms with Crippen molar-refractivity contribution in [3.05, 3.63) is 70.5 Å². The lowest BCUT2D eigenvalue weighted by Gasteiger charge is -2.20. The van der Waals surface area contributed by atoms with Gasteiger partial charge >= 0.3 is 0 Å². The van der Waals surface area contributed by atoms with Crippen LogP contribution in [0.3, 0.4) is 0 Å². The molecule has 0 aliphatic carbocycles. The Morgan fingerprint density at radius 2 is 1.79 bits per heavy atom. The number of carbonyl (C=O) groups is 2. The van der Waals surface area contributed by atoms with E-state index in [2.05, 4.69) is 34.7 Å². The van der Waals surface area contributed by atoms with Crippen molar-refractivity contribution in [2.45, 2.75) is 38.4 Å². The van der Waals surface area contributed by atoms with E-state index in [1.54, 1.807) is 24.3 Å². The van der Waals surface area contributed by atoms with Crippen LogP contribution in [0.2, 0.25) is 5.02 Å². The Morgan fingerprint density at radius 3 is 2.45 bits per heavy atom. The molecule has 1 atom stereocenters. The SMILES string of the molecule is Cc1ccc(NC(=O)CSc2nnc([C@H](CC(C)C)NC(=O)c3ccccc3Cl)n2C)cc1. The number of nitrogens with one attached hydrogen (secondary N) is 2. The lowest BCUT2D eigenvalue weighted by molar-refractivity contribution is -0.113. The summed E-state index contributed by atoms with van der Waals surface area (Å²) in [6, 6.07) is 14.2. The number of hydrogen-bond acceptors (Lipinski definition) is 5. The van der Waals surface area contributed by atoms with E-state index in [1.165, 1.54) is 11.8 Å². The fourth-order valence-corrected chi connectivity index (χ4v) is 4.24. The molecule has 174 valence electrons. The zero-order valence-corrected chi connectivity index (χ0v) is 20.7. The van der Waals surface area contributed by atoms with Crippen LogP contribution < -0.4 is 10.6 Å². The second kappa shape index (κ2) is 11.3. The molecule has 9 heteroatoms. The maximum Gasteiger partial charge on any atom is 0.253 e. The van der Waals surface area contributed by atoms with Gasteiger partial charge in [0, 0.05) is 12.7 Å². The fraction of sp³-hybridized carbons (Fsp3) is 0.333. The molecule has 0 saturated heterocycles. The summed E-state index contributed by atoms with van der Waals surface area (Å²) >= 11 is 7.49. The second-order valence-electron chi connectivity index (χ2n) is 8.24. The number of aromatic nitrogens is 3. The first-order valence-electron chi connectivity index (χ1n) is 10.7. The summed E-state index contributed by atoms with van der Waals surface area (Å²) in [4.78, 5) is 25.2. The van der Waals surface area contributed by atoms with Gasteiger partial charge in [0.25, 0.3) is 5.91 Å². The summed E-state index contributed by atoms with van der Waals surface area (Å²) in [6.07, 6.45) is 0.681. The minimum atomic E-state index is -0.345. The summed E-state index contributed by atoms with van der Waals surface area (Å²) in [5.74, 6) is 0.751. The van der Waals surface area contributed by atoms with E-state index in [0.29, 0.717) is 33.9 Å². The number of hydrogen-bond donors (Lipinski definition) is 2. The molecule has 1 heterocycles. The topological polar surface area (TPSA) is 88.9 Å². The lowest BCUT2D eigenvalue weighted by atomic mass is 10.0. The smallest absolute Gasteiger partial charge is 0.253 e. The molecule has 0 aliphatic heterocycles. The molecule has 0 fully saturated rings. The van der Waals surface area contributed by atoms with Crippen LogP contribution in [0.5, 0.6) is 0 Å². The van der Waals surface area contributed by atoms with Crippen molar-refractivity contribution in [3.63, 3.8) is 0 Å². The van der Waals surface area contributed by atoms with Crippen LogP contribution >= 0.6 is 23.4 Å². The zero-order valence-electron chi connectivity index (χ0n) is 19.1. The molecule has 0 aliphatic rings. The molecule has 0 bridgehead atoms. The molecule has 3 rings (SSSR count). The van der Waals surface area contributed by atoms with Crippen LogP contribution in [-0.2, 0) is 11.8 Å². The Balaban J connectivity index is 1.68. The van der Waals surface area contributed by atoms with Crippen LogP contribution in [0.25, 0.3) is 0 Å². The highest BCUT2D eigenvalue weighted by Gasteiger charge is 2.24. The molecule has 1 aromatic heterocycles. The number of nitrogens with zero attached hydrogens (tertiary/aromatic N) is 3. The molecule has 0 radical (unpaired) electrons. The summed E-state index contributed by atoms with van der Waals surface area (Å²) in [5.41, 5.74) is 2.30. The summed E-state index contributed by atoms with van der Waals surface area (Å²) < 4.78 is 1.82. The predicted octanol–water partition coefficient (Wildman–Crippen LogP) is 5.02. The van der Waals surface area contributed by atoms with Crippen LogP contribution in [-0.4, -0.2) is 32.3 Å². The maximum absolute atomic E-state index is 12.8. The van der Waals surface area contributed by atoms with Crippen molar-refractivity contribution in [2.75, 3.05) is 11.1 Å². The number of thioether (sulfide) groups is 1. The van der Waals surface area contributed by atoms with Crippen molar-refractivity contribution in [1.82, 2.24) is 20.1 Å². The molecule has 2 amide bonds.